The molecule has 0 saturated carbocycles. The molecule has 0 bridgehead atoms. The van der Waals surface area contributed by atoms with Gasteiger partial charge in [-0.2, -0.15) is 0 Å². The predicted molar refractivity (Wildman–Crippen MR) is 94.7 cm³/mol. The first-order valence-electron chi connectivity index (χ1n) is 6.90. The number of ether oxygens (including phenoxy) is 3. The molecule has 0 saturated heterocycles. The van der Waals surface area contributed by atoms with E-state index >= 15 is 0 Å². The molecule has 0 radical (unpaired) electrons. The van der Waals surface area contributed by atoms with Gasteiger partial charge in [0.05, 0.1) is 30.6 Å². The molecular formula is C16H13BrClNO6. The molecule has 2 rings (SSSR count). The molecule has 0 N–H and O–H groups in total. The molecule has 0 aliphatic heterocycles. The minimum atomic E-state index is -0.585. The summed E-state index contributed by atoms with van der Waals surface area (Å²) in [6.45, 7) is 0. The molecule has 0 spiro atoms. The third kappa shape index (κ3) is 4.61. The van der Waals surface area contributed by atoms with E-state index in [1.54, 1.807) is 12.1 Å². The van der Waals surface area contributed by atoms with Gasteiger partial charge in [-0.05, 0) is 23.8 Å². The van der Waals surface area contributed by atoms with Crippen molar-refractivity contribution in [2.24, 2.45) is 0 Å². The first kappa shape index (κ1) is 19.0. The Bertz CT molecular complexity index is 827. The number of esters is 1. The molecule has 0 aliphatic carbocycles. The summed E-state index contributed by atoms with van der Waals surface area (Å²) in [5.74, 6) is 0.462. The number of carbonyl (C=O) groups excluding carboxylic acids is 1. The van der Waals surface area contributed by atoms with Crippen molar-refractivity contribution in [3.05, 3.63) is 55.5 Å². The van der Waals surface area contributed by atoms with Gasteiger partial charge in [-0.1, -0.05) is 27.5 Å². The van der Waals surface area contributed by atoms with Crippen molar-refractivity contribution in [2.45, 2.75) is 6.42 Å². The second kappa shape index (κ2) is 8.17. The van der Waals surface area contributed by atoms with Crippen LogP contribution in [0.3, 0.4) is 0 Å². The molecule has 0 heterocycles. The molecule has 0 amide bonds. The average Bonchev–Trinajstić information content (AvgIpc) is 2.57. The molecule has 25 heavy (non-hydrogen) atoms. The highest BCUT2D eigenvalue weighted by atomic mass is 79.9. The highest BCUT2D eigenvalue weighted by molar-refractivity contribution is 9.10. The first-order valence-corrected chi connectivity index (χ1v) is 8.07. The van der Waals surface area contributed by atoms with E-state index in [2.05, 4.69) is 15.9 Å². The number of rotatable bonds is 6. The molecule has 7 nitrogen and oxygen atoms in total. The number of non-ortho nitro benzene ring substituents is 1. The Labute approximate surface area is 156 Å². The summed E-state index contributed by atoms with van der Waals surface area (Å²) in [5, 5.41) is 10.7. The number of hydrogen-bond acceptors (Lipinski definition) is 6. The molecule has 0 fully saturated rings. The highest BCUT2D eigenvalue weighted by Gasteiger charge is 2.16. The Morgan fingerprint density at radius 2 is 1.80 bits per heavy atom. The number of nitro benzene ring substituents is 1. The summed E-state index contributed by atoms with van der Waals surface area (Å²) in [5.41, 5.74) is 0.438. The maximum Gasteiger partial charge on any atom is 0.315 e. The van der Waals surface area contributed by atoms with Gasteiger partial charge < -0.3 is 14.2 Å². The van der Waals surface area contributed by atoms with Crippen LogP contribution in [-0.2, 0) is 11.2 Å². The van der Waals surface area contributed by atoms with Gasteiger partial charge in [-0.15, -0.1) is 0 Å². The van der Waals surface area contributed by atoms with E-state index in [9.17, 15) is 14.9 Å². The molecule has 0 atom stereocenters. The van der Waals surface area contributed by atoms with E-state index in [0.717, 1.165) is 6.07 Å². The van der Waals surface area contributed by atoms with Crippen molar-refractivity contribution >= 4 is 39.2 Å². The Hall–Kier alpha value is -2.32. The molecule has 2 aromatic rings. The second-order valence-corrected chi connectivity index (χ2v) is 6.08. The maximum atomic E-state index is 12.2. The zero-order valence-corrected chi connectivity index (χ0v) is 15.6. The van der Waals surface area contributed by atoms with E-state index in [1.807, 2.05) is 0 Å². The van der Waals surface area contributed by atoms with Crippen LogP contribution in [0, 0.1) is 10.1 Å². The predicted octanol–water partition coefficient (Wildman–Crippen LogP) is 4.18. The summed E-state index contributed by atoms with van der Waals surface area (Å²) in [6, 6.07) is 6.95. The van der Waals surface area contributed by atoms with Crippen LogP contribution < -0.4 is 14.2 Å². The van der Waals surface area contributed by atoms with Crippen LogP contribution in [0.5, 0.6) is 17.2 Å². The number of carbonyl (C=O) groups is 1. The largest absolute Gasteiger partial charge is 0.493 e. The quantitative estimate of drug-likeness (QED) is 0.296. The Balaban J connectivity index is 2.17. The van der Waals surface area contributed by atoms with E-state index < -0.39 is 10.9 Å². The van der Waals surface area contributed by atoms with Crippen LogP contribution in [-0.4, -0.2) is 25.1 Å². The van der Waals surface area contributed by atoms with Gasteiger partial charge in [0, 0.05) is 16.6 Å². The third-order valence-corrected chi connectivity index (χ3v) is 4.27. The Morgan fingerprint density at radius 1 is 1.16 bits per heavy atom. The first-order chi connectivity index (χ1) is 11.8. The Kier molecular flexibility index (Phi) is 6.22. The molecular weight excluding hydrogens is 418 g/mol. The lowest BCUT2D eigenvalue weighted by atomic mass is 10.1. The van der Waals surface area contributed by atoms with Gasteiger partial charge in [-0.25, -0.2) is 0 Å². The summed E-state index contributed by atoms with van der Waals surface area (Å²) >= 11 is 9.27. The van der Waals surface area contributed by atoms with Gasteiger partial charge in [-0.3, -0.25) is 14.9 Å². The number of hydrogen-bond donors (Lipinski definition) is 0. The Morgan fingerprint density at radius 3 is 2.36 bits per heavy atom. The molecule has 9 heteroatoms. The number of nitro groups is 1. The zero-order valence-electron chi connectivity index (χ0n) is 13.2. The van der Waals surface area contributed by atoms with E-state index in [1.165, 1.54) is 26.4 Å². The van der Waals surface area contributed by atoms with Crippen molar-refractivity contribution in [2.75, 3.05) is 14.2 Å². The van der Waals surface area contributed by atoms with Crippen molar-refractivity contribution in [3.8, 4) is 17.2 Å². The van der Waals surface area contributed by atoms with Crippen LogP contribution in [0.4, 0.5) is 5.69 Å². The summed E-state index contributed by atoms with van der Waals surface area (Å²) < 4.78 is 16.2. The van der Waals surface area contributed by atoms with Crippen molar-refractivity contribution < 1.29 is 23.9 Å². The van der Waals surface area contributed by atoms with Crippen LogP contribution in [0.15, 0.2) is 34.8 Å². The molecule has 2 aromatic carbocycles. The standard InChI is InChI=1S/C16H13BrClNO6/c1-23-14-5-9(11(17)8-15(14)24-2)6-16(20)25-13-4-3-10(19(21)22)7-12(13)18/h3-5,7-8H,6H2,1-2H3. The lowest BCUT2D eigenvalue weighted by Crippen LogP contribution is -2.12. The normalized spacial score (nSPS) is 10.2. The summed E-state index contributed by atoms with van der Waals surface area (Å²) in [7, 11) is 3.00. The highest BCUT2D eigenvalue weighted by Crippen LogP contribution is 2.34. The third-order valence-electron chi connectivity index (χ3n) is 3.24. The van der Waals surface area contributed by atoms with Crippen molar-refractivity contribution in [1.29, 1.82) is 0 Å². The monoisotopic (exact) mass is 429 g/mol. The van der Waals surface area contributed by atoms with E-state index in [4.69, 9.17) is 25.8 Å². The molecule has 132 valence electrons. The second-order valence-electron chi connectivity index (χ2n) is 4.82. The number of methoxy groups -OCH3 is 2. The fraction of sp³-hybridized carbons (Fsp3) is 0.188. The lowest BCUT2D eigenvalue weighted by molar-refractivity contribution is -0.384. The summed E-state index contributed by atoms with van der Waals surface area (Å²) in [4.78, 5) is 22.3. The van der Waals surface area contributed by atoms with E-state index in [-0.39, 0.29) is 22.9 Å². The molecule has 0 aliphatic rings. The van der Waals surface area contributed by atoms with Gasteiger partial charge in [0.25, 0.3) is 5.69 Å². The van der Waals surface area contributed by atoms with Gasteiger partial charge in [0.1, 0.15) is 5.75 Å². The van der Waals surface area contributed by atoms with Crippen LogP contribution >= 0.6 is 27.5 Å². The fourth-order valence-corrected chi connectivity index (χ4v) is 2.71. The van der Waals surface area contributed by atoms with Crippen LogP contribution in [0.2, 0.25) is 5.02 Å². The van der Waals surface area contributed by atoms with Crippen LogP contribution in [0.25, 0.3) is 0 Å². The minimum absolute atomic E-state index is 0.0195. The van der Waals surface area contributed by atoms with Gasteiger partial charge in [0.2, 0.25) is 0 Å². The fourth-order valence-electron chi connectivity index (χ4n) is 2.03. The number of halogens is 2. The minimum Gasteiger partial charge on any atom is -0.493 e. The SMILES string of the molecule is COc1cc(Br)c(CC(=O)Oc2ccc([N+](=O)[O-])cc2Cl)cc1OC. The van der Waals surface area contributed by atoms with Gasteiger partial charge in [0.15, 0.2) is 11.5 Å². The zero-order chi connectivity index (χ0) is 18.6. The number of nitrogens with zero attached hydrogens (tertiary/aromatic N) is 1. The average molecular weight is 431 g/mol. The van der Waals surface area contributed by atoms with Crippen molar-refractivity contribution in [3.63, 3.8) is 0 Å². The number of benzene rings is 2. The van der Waals surface area contributed by atoms with Crippen molar-refractivity contribution in [1.82, 2.24) is 0 Å². The van der Waals surface area contributed by atoms with Crippen LogP contribution in [0.1, 0.15) is 5.56 Å². The lowest BCUT2D eigenvalue weighted by Gasteiger charge is -2.12. The smallest absolute Gasteiger partial charge is 0.315 e. The van der Waals surface area contributed by atoms with E-state index in [0.29, 0.717) is 21.5 Å². The molecule has 0 unspecified atom stereocenters. The maximum absolute atomic E-state index is 12.2. The summed E-state index contributed by atoms with van der Waals surface area (Å²) in [6.07, 6.45) is -0.0613. The topological polar surface area (TPSA) is 87.9 Å². The van der Waals surface area contributed by atoms with Gasteiger partial charge >= 0.3 is 5.97 Å². The molecule has 0 aromatic heterocycles.